The quantitative estimate of drug-likeness (QED) is 0.511. The number of thiocarbonyl (C=S) groups is 1. The molecule has 0 aromatic heterocycles. The maximum absolute atomic E-state index is 9.17. The number of hydrogen-bond donors (Lipinski definition) is 2. The molecule has 0 amide bonds. The number of hydrazine groups is 1. The molecule has 0 spiro atoms. The zero-order valence-electron chi connectivity index (χ0n) is 5.80. The van der Waals surface area contributed by atoms with Gasteiger partial charge in [0.25, 0.3) is 0 Å². The second-order valence-electron chi connectivity index (χ2n) is 1.85. The third-order valence-corrected chi connectivity index (χ3v) is 3.95. The monoisotopic (exact) mass is 212 g/mol. The summed E-state index contributed by atoms with van der Waals surface area (Å²) in [5.74, 6) is 0.0263. The SMILES string of the molecule is CN1C(SCO)SC(=S)N1O. The van der Waals surface area contributed by atoms with Crippen LogP contribution in [0.25, 0.3) is 0 Å². The van der Waals surface area contributed by atoms with Crippen molar-refractivity contribution in [3.63, 3.8) is 0 Å². The normalized spacial score (nSPS) is 26.6. The lowest BCUT2D eigenvalue weighted by atomic mass is 11.1. The van der Waals surface area contributed by atoms with Crippen molar-refractivity contribution in [2.24, 2.45) is 0 Å². The Morgan fingerprint density at radius 3 is 2.82 bits per heavy atom. The highest BCUT2D eigenvalue weighted by atomic mass is 32.2. The molecule has 1 unspecified atom stereocenters. The average molecular weight is 212 g/mol. The Bertz CT molecular complexity index is 167. The summed E-state index contributed by atoms with van der Waals surface area (Å²) in [5.41, 5.74) is 0. The zero-order chi connectivity index (χ0) is 8.43. The summed E-state index contributed by atoms with van der Waals surface area (Å²) in [7, 11) is 1.71. The van der Waals surface area contributed by atoms with Gasteiger partial charge in [-0.2, -0.15) is 10.2 Å². The van der Waals surface area contributed by atoms with E-state index in [2.05, 4.69) is 0 Å². The molecule has 1 heterocycles. The first kappa shape index (κ1) is 9.56. The van der Waals surface area contributed by atoms with Crippen molar-refractivity contribution in [1.29, 1.82) is 0 Å². The van der Waals surface area contributed by atoms with Gasteiger partial charge in [-0.05, 0) is 12.2 Å². The third-order valence-electron chi connectivity index (χ3n) is 1.19. The van der Waals surface area contributed by atoms with Gasteiger partial charge < -0.3 is 5.11 Å². The molecule has 11 heavy (non-hydrogen) atoms. The van der Waals surface area contributed by atoms with E-state index in [0.29, 0.717) is 4.32 Å². The van der Waals surface area contributed by atoms with E-state index in [1.807, 2.05) is 0 Å². The fraction of sp³-hybridized carbons (Fsp3) is 0.750. The lowest BCUT2D eigenvalue weighted by Gasteiger charge is -2.20. The van der Waals surface area contributed by atoms with Crippen LogP contribution in [0.4, 0.5) is 0 Å². The van der Waals surface area contributed by atoms with Crippen LogP contribution in [0.1, 0.15) is 0 Å². The minimum absolute atomic E-state index is 0.0162. The molecule has 0 saturated carbocycles. The number of thioether (sulfide) groups is 2. The van der Waals surface area contributed by atoms with E-state index in [1.165, 1.54) is 23.5 Å². The Balaban J connectivity index is 2.52. The molecule has 2 N–H and O–H groups in total. The van der Waals surface area contributed by atoms with Crippen LogP contribution in [-0.2, 0) is 0 Å². The molecule has 1 fully saturated rings. The first-order valence-corrected chi connectivity index (χ1v) is 5.15. The zero-order valence-corrected chi connectivity index (χ0v) is 8.25. The standard InChI is InChI=1S/C4H8N2O2S3/c1-5-4(10-2-7)11-3(9)6(5)8/h4,7-8H,2H2,1H3. The minimum Gasteiger partial charge on any atom is -0.386 e. The maximum Gasteiger partial charge on any atom is 0.181 e. The van der Waals surface area contributed by atoms with Gasteiger partial charge in [0.15, 0.2) is 4.32 Å². The van der Waals surface area contributed by atoms with Crippen molar-refractivity contribution in [1.82, 2.24) is 10.2 Å². The molecule has 1 atom stereocenters. The number of nitrogens with zero attached hydrogens (tertiary/aromatic N) is 2. The van der Waals surface area contributed by atoms with Crippen LogP contribution in [0.3, 0.4) is 0 Å². The highest BCUT2D eigenvalue weighted by Gasteiger charge is 2.32. The van der Waals surface area contributed by atoms with Crippen LogP contribution >= 0.6 is 35.7 Å². The van der Waals surface area contributed by atoms with Crippen molar-refractivity contribution in [2.75, 3.05) is 13.0 Å². The second kappa shape index (κ2) is 3.92. The maximum atomic E-state index is 9.17. The number of aliphatic hydroxyl groups is 1. The van der Waals surface area contributed by atoms with Crippen LogP contribution in [0.5, 0.6) is 0 Å². The number of aliphatic hydroxyl groups excluding tert-OH is 1. The summed E-state index contributed by atoms with van der Waals surface area (Å²) in [6.45, 7) is 0. The summed E-state index contributed by atoms with van der Waals surface area (Å²) in [5, 5.41) is 20.2. The highest BCUT2D eigenvalue weighted by molar-refractivity contribution is 8.30. The molecule has 1 aliphatic rings. The molecule has 0 radical (unpaired) electrons. The molecule has 0 aromatic carbocycles. The van der Waals surface area contributed by atoms with Gasteiger partial charge >= 0.3 is 0 Å². The minimum atomic E-state index is -0.0162. The fourth-order valence-electron chi connectivity index (χ4n) is 0.633. The lowest BCUT2D eigenvalue weighted by molar-refractivity contribution is -0.155. The van der Waals surface area contributed by atoms with Gasteiger partial charge in [-0.1, -0.05) is 11.8 Å². The molecule has 0 aliphatic carbocycles. The Morgan fingerprint density at radius 2 is 2.45 bits per heavy atom. The largest absolute Gasteiger partial charge is 0.386 e. The lowest BCUT2D eigenvalue weighted by Crippen LogP contribution is -2.35. The van der Waals surface area contributed by atoms with Crippen LogP contribution in [0.15, 0.2) is 0 Å². The predicted molar refractivity (Wildman–Crippen MR) is 50.0 cm³/mol. The summed E-state index contributed by atoms with van der Waals surface area (Å²) < 4.78 is 0.399. The van der Waals surface area contributed by atoms with E-state index >= 15 is 0 Å². The Kier molecular flexibility index (Phi) is 3.41. The number of hydroxylamine groups is 1. The first-order chi connectivity index (χ1) is 5.16. The predicted octanol–water partition coefficient (Wildman–Crippen LogP) is 0.523. The van der Waals surface area contributed by atoms with E-state index in [9.17, 15) is 0 Å². The van der Waals surface area contributed by atoms with E-state index in [4.69, 9.17) is 22.5 Å². The summed E-state index contributed by atoms with van der Waals surface area (Å²) in [6, 6.07) is 0. The molecule has 1 rings (SSSR count). The molecular formula is C4H8N2O2S3. The van der Waals surface area contributed by atoms with Crippen LogP contribution in [0.2, 0.25) is 0 Å². The number of rotatable bonds is 2. The molecule has 4 nitrogen and oxygen atoms in total. The molecule has 64 valence electrons. The van der Waals surface area contributed by atoms with E-state index in [-0.39, 0.29) is 10.6 Å². The van der Waals surface area contributed by atoms with Crippen LogP contribution in [-0.4, -0.2) is 42.5 Å². The summed E-state index contributed by atoms with van der Waals surface area (Å²) >= 11 is 7.46. The van der Waals surface area contributed by atoms with Gasteiger partial charge in [0.2, 0.25) is 0 Å². The van der Waals surface area contributed by atoms with Crippen molar-refractivity contribution in [3.05, 3.63) is 0 Å². The molecule has 7 heteroatoms. The van der Waals surface area contributed by atoms with Gasteiger partial charge in [-0.3, -0.25) is 5.21 Å². The van der Waals surface area contributed by atoms with Crippen LogP contribution in [0, 0.1) is 0 Å². The Labute approximate surface area is 78.5 Å². The van der Waals surface area contributed by atoms with Gasteiger partial charge in [-0.15, -0.1) is 11.8 Å². The Morgan fingerprint density at radius 1 is 1.82 bits per heavy atom. The van der Waals surface area contributed by atoms with Gasteiger partial charge in [-0.25, -0.2) is 0 Å². The van der Waals surface area contributed by atoms with Crippen molar-refractivity contribution in [3.8, 4) is 0 Å². The fourth-order valence-corrected chi connectivity index (χ4v) is 3.02. The van der Waals surface area contributed by atoms with E-state index in [0.717, 1.165) is 5.17 Å². The van der Waals surface area contributed by atoms with E-state index < -0.39 is 0 Å². The average Bonchev–Trinajstić information content (AvgIpc) is 2.19. The molecule has 1 saturated heterocycles. The number of hydrogen-bond acceptors (Lipinski definition) is 6. The molecule has 1 aliphatic heterocycles. The Hall–Kier alpha value is 0.470. The topological polar surface area (TPSA) is 46.9 Å². The van der Waals surface area contributed by atoms with Crippen molar-refractivity contribution < 1.29 is 10.3 Å². The van der Waals surface area contributed by atoms with Crippen molar-refractivity contribution in [2.45, 2.75) is 4.71 Å². The smallest absolute Gasteiger partial charge is 0.181 e. The molecular weight excluding hydrogens is 204 g/mol. The third kappa shape index (κ3) is 1.98. The second-order valence-corrected chi connectivity index (χ2v) is 4.90. The summed E-state index contributed by atoms with van der Waals surface area (Å²) in [4.78, 5) is 0. The van der Waals surface area contributed by atoms with Crippen LogP contribution < -0.4 is 0 Å². The van der Waals surface area contributed by atoms with Crippen molar-refractivity contribution >= 4 is 40.1 Å². The first-order valence-electron chi connectivity index (χ1n) is 2.81. The van der Waals surface area contributed by atoms with Gasteiger partial charge in [0.1, 0.15) is 4.71 Å². The highest BCUT2D eigenvalue weighted by Crippen LogP contribution is 2.34. The van der Waals surface area contributed by atoms with Gasteiger partial charge in [0.05, 0.1) is 5.94 Å². The molecule has 0 bridgehead atoms. The molecule has 0 aromatic rings. The summed E-state index contributed by atoms with van der Waals surface area (Å²) in [6.07, 6.45) is 0. The van der Waals surface area contributed by atoms with Gasteiger partial charge in [0, 0.05) is 7.05 Å². The van der Waals surface area contributed by atoms with E-state index in [1.54, 1.807) is 12.1 Å².